The normalized spacial score (nSPS) is 10.4. The summed E-state index contributed by atoms with van der Waals surface area (Å²) in [6.07, 6.45) is 3.70. The number of anilines is 1. The summed E-state index contributed by atoms with van der Waals surface area (Å²) in [6.45, 7) is 4.18. The third kappa shape index (κ3) is 1.94. The molecule has 0 fully saturated rings. The first-order valence-corrected chi connectivity index (χ1v) is 4.10. The zero-order valence-corrected chi connectivity index (χ0v) is 8.07. The quantitative estimate of drug-likeness (QED) is 0.667. The lowest BCUT2D eigenvalue weighted by Crippen LogP contribution is -2.10. The lowest BCUT2D eigenvalue weighted by molar-refractivity contribution is 0.772. The predicted molar refractivity (Wildman–Crippen MR) is 50.4 cm³/mol. The van der Waals surface area contributed by atoms with Crippen molar-refractivity contribution in [2.45, 2.75) is 19.8 Å². The topological polar surface area (TPSA) is 29.0 Å². The minimum atomic E-state index is 0.404. The summed E-state index contributed by atoms with van der Waals surface area (Å²) in [5.74, 6) is 1.31. The van der Waals surface area contributed by atoms with Crippen molar-refractivity contribution in [2.75, 3.05) is 19.0 Å². The Balaban J connectivity index is 2.86. The van der Waals surface area contributed by atoms with E-state index in [1.807, 2.05) is 31.4 Å². The van der Waals surface area contributed by atoms with E-state index in [0.29, 0.717) is 5.92 Å². The predicted octanol–water partition coefficient (Wildman–Crippen LogP) is 1.67. The van der Waals surface area contributed by atoms with E-state index >= 15 is 0 Å². The number of aromatic nitrogens is 2. The van der Waals surface area contributed by atoms with Crippen molar-refractivity contribution in [3.63, 3.8) is 0 Å². The molecule has 0 radical (unpaired) electrons. The number of hydrogen-bond acceptors (Lipinski definition) is 3. The molecule has 1 heterocycles. The van der Waals surface area contributed by atoms with Gasteiger partial charge in [-0.25, -0.2) is 9.97 Å². The van der Waals surface area contributed by atoms with Crippen LogP contribution in [0.3, 0.4) is 0 Å². The molecule has 66 valence electrons. The van der Waals surface area contributed by atoms with Gasteiger partial charge in [0.05, 0.1) is 18.1 Å². The van der Waals surface area contributed by atoms with Crippen LogP contribution in [-0.2, 0) is 0 Å². The van der Waals surface area contributed by atoms with Crippen molar-refractivity contribution in [1.82, 2.24) is 9.97 Å². The second-order valence-corrected chi connectivity index (χ2v) is 3.35. The Morgan fingerprint density at radius 2 is 1.67 bits per heavy atom. The Labute approximate surface area is 73.5 Å². The van der Waals surface area contributed by atoms with Gasteiger partial charge in [-0.15, -0.1) is 0 Å². The van der Waals surface area contributed by atoms with Gasteiger partial charge in [0.1, 0.15) is 5.82 Å². The standard InChI is InChI=1S/C9H15N3/c1-7(2)9-10-5-8(6-11-9)12(3)4/h5-7H,1-4H3. The Kier molecular flexibility index (Phi) is 2.63. The van der Waals surface area contributed by atoms with E-state index in [1.54, 1.807) is 0 Å². The van der Waals surface area contributed by atoms with E-state index in [1.165, 1.54) is 0 Å². The maximum atomic E-state index is 4.25. The molecule has 3 nitrogen and oxygen atoms in total. The van der Waals surface area contributed by atoms with Gasteiger partial charge < -0.3 is 4.90 Å². The second kappa shape index (κ2) is 3.52. The molecule has 0 atom stereocenters. The lowest BCUT2D eigenvalue weighted by atomic mass is 10.2. The summed E-state index contributed by atoms with van der Waals surface area (Å²) >= 11 is 0. The molecule has 1 rings (SSSR count). The minimum absolute atomic E-state index is 0.404. The van der Waals surface area contributed by atoms with E-state index < -0.39 is 0 Å². The molecule has 0 N–H and O–H groups in total. The summed E-state index contributed by atoms with van der Waals surface area (Å²) in [5.41, 5.74) is 1.04. The van der Waals surface area contributed by atoms with Gasteiger partial charge in [-0.2, -0.15) is 0 Å². The van der Waals surface area contributed by atoms with Crippen LogP contribution in [0.25, 0.3) is 0 Å². The van der Waals surface area contributed by atoms with Gasteiger partial charge in [-0.3, -0.25) is 0 Å². The molecule has 12 heavy (non-hydrogen) atoms. The molecule has 0 aliphatic heterocycles. The van der Waals surface area contributed by atoms with Crippen molar-refractivity contribution in [3.8, 4) is 0 Å². The molecular weight excluding hydrogens is 150 g/mol. The Morgan fingerprint density at radius 1 is 1.17 bits per heavy atom. The smallest absolute Gasteiger partial charge is 0.130 e. The molecule has 0 unspecified atom stereocenters. The van der Waals surface area contributed by atoms with Crippen LogP contribution in [0.15, 0.2) is 12.4 Å². The fraction of sp³-hybridized carbons (Fsp3) is 0.556. The van der Waals surface area contributed by atoms with Gasteiger partial charge in [0.25, 0.3) is 0 Å². The molecule has 0 aliphatic rings. The summed E-state index contributed by atoms with van der Waals surface area (Å²) in [6, 6.07) is 0. The van der Waals surface area contributed by atoms with Gasteiger partial charge in [0.2, 0.25) is 0 Å². The van der Waals surface area contributed by atoms with Crippen molar-refractivity contribution in [2.24, 2.45) is 0 Å². The highest BCUT2D eigenvalue weighted by atomic mass is 15.1. The Morgan fingerprint density at radius 3 is 2.00 bits per heavy atom. The molecule has 0 saturated carbocycles. The highest BCUT2D eigenvalue weighted by molar-refractivity contribution is 5.39. The van der Waals surface area contributed by atoms with Gasteiger partial charge in [0, 0.05) is 20.0 Å². The SMILES string of the molecule is CC(C)c1ncc(N(C)C)cn1. The molecule has 0 saturated heterocycles. The van der Waals surface area contributed by atoms with Crippen LogP contribution in [0.5, 0.6) is 0 Å². The molecule has 0 bridgehead atoms. The monoisotopic (exact) mass is 165 g/mol. The zero-order valence-electron chi connectivity index (χ0n) is 8.07. The van der Waals surface area contributed by atoms with E-state index in [4.69, 9.17) is 0 Å². The Bertz CT molecular complexity index is 211. The van der Waals surface area contributed by atoms with E-state index in [0.717, 1.165) is 11.5 Å². The first-order valence-electron chi connectivity index (χ1n) is 4.10. The molecule has 3 heteroatoms. The van der Waals surface area contributed by atoms with Crippen molar-refractivity contribution >= 4 is 5.69 Å². The molecular formula is C9H15N3. The highest BCUT2D eigenvalue weighted by Gasteiger charge is 2.02. The first kappa shape index (κ1) is 8.97. The van der Waals surface area contributed by atoms with Crippen LogP contribution in [0.2, 0.25) is 0 Å². The maximum absolute atomic E-state index is 4.25. The van der Waals surface area contributed by atoms with Gasteiger partial charge >= 0.3 is 0 Å². The van der Waals surface area contributed by atoms with Crippen LogP contribution in [0, 0.1) is 0 Å². The zero-order chi connectivity index (χ0) is 9.14. The average molecular weight is 165 g/mol. The average Bonchev–Trinajstić information content (AvgIpc) is 2.04. The third-order valence-corrected chi connectivity index (χ3v) is 1.69. The fourth-order valence-corrected chi connectivity index (χ4v) is 0.860. The molecule has 0 spiro atoms. The molecule has 0 aromatic carbocycles. The Hall–Kier alpha value is -1.12. The van der Waals surface area contributed by atoms with Gasteiger partial charge in [-0.1, -0.05) is 13.8 Å². The van der Waals surface area contributed by atoms with Crippen molar-refractivity contribution < 1.29 is 0 Å². The van der Waals surface area contributed by atoms with E-state index in [-0.39, 0.29) is 0 Å². The van der Waals surface area contributed by atoms with Crippen molar-refractivity contribution in [1.29, 1.82) is 0 Å². The number of rotatable bonds is 2. The fourth-order valence-electron chi connectivity index (χ4n) is 0.860. The lowest BCUT2D eigenvalue weighted by Gasteiger charge is -2.11. The second-order valence-electron chi connectivity index (χ2n) is 3.35. The maximum Gasteiger partial charge on any atom is 0.130 e. The van der Waals surface area contributed by atoms with E-state index in [2.05, 4.69) is 23.8 Å². The summed E-state index contributed by atoms with van der Waals surface area (Å²) in [4.78, 5) is 10.5. The van der Waals surface area contributed by atoms with Crippen LogP contribution < -0.4 is 4.90 Å². The van der Waals surface area contributed by atoms with Crippen LogP contribution in [-0.4, -0.2) is 24.1 Å². The van der Waals surface area contributed by atoms with Crippen LogP contribution in [0.4, 0.5) is 5.69 Å². The molecule has 0 aliphatic carbocycles. The van der Waals surface area contributed by atoms with Gasteiger partial charge in [-0.05, 0) is 0 Å². The molecule has 1 aromatic heterocycles. The van der Waals surface area contributed by atoms with E-state index in [9.17, 15) is 0 Å². The molecule has 0 amide bonds. The van der Waals surface area contributed by atoms with Crippen LogP contribution >= 0.6 is 0 Å². The summed E-state index contributed by atoms with van der Waals surface area (Å²) in [5, 5.41) is 0. The minimum Gasteiger partial charge on any atom is -0.375 e. The highest BCUT2D eigenvalue weighted by Crippen LogP contribution is 2.11. The summed E-state index contributed by atoms with van der Waals surface area (Å²) < 4.78 is 0. The van der Waals surface area contributed by atoms with Crippen LogP contribution in [0.1, 0.15) is 25.6 Å². The summed E-state index contributed by atoms with van der Waals surface area (Å²) in [7, 11) is 3.96. The molecule has 1 aromatic rings. The number of hydrogen-bond donors (Lipinski definition) is 0. The van der Waals surface area contributed by atoms with Gasteiger partial charge in [0.15, 0.2) is 0 Å². The largest absolute Gasteiger partial charge is 0.375 e. The third-order valence-electron chi connectivity index (χ3n) is 1.69. The first-order chi connectivity index (χ1) is 5.61. The number of nitrogens with zero attached hydrogens (tertiary/aromatic N) is 3. The van der Waals surface area contributed by atoms with Crippen molar-refractivity contribution in [3.05, 3.63) is 18.2 Å².